The molecule has 2 atom stereocenters. The van der Waals surface area contributed by atoms with Crippen molar-refractivity contribution in [2.45, 2.75) is 13.3 Å². The van der Waals surface area contributed by atoms with Crippen LogP contribution >= 0.6 is 0 Å². The van der Waals surface area contributed by atoms with Crippen LogP contribution in [0.25, 0.3) is 6.08 Å². The van der Waals surface area contributed by atoms with Crippen LogP contribution in [0.1, 0.15) is 17.9 Å². The van der Waals surface area contributed by atoms with Crippen LogP contribution in [0.15, 0.2) is 16.2 Å². The van der Waals surface area contributed by atoms with Crippen molar-refractivity contribution in [3.63, 3.8) is 0 Å². The van der Waals surface area contributed by atoms with Gasteiger partial charge >= 0.3 is 0 Å². The van der Waals surface area contributed by atoms with Gasteiger partial charge in [0.05, 0.1) is 5.69 Å². The maximum absolute atomic E-state index is 5.19. The average molecular weight is 190 g/mol. The second kappa shape index (κ2) is 2.95. The fourth-order valence-corrected chi connectivity index (χ4v) is 2.46. The number of aromatic nitrogens is 1. The molecule has 2 unspecified atom stereocenters. The molecule has 0 aliphatic carbocycles. The second-order valence-corrected chi connectivity index (χ2v) is 4.31. The normalized spacial score (nSPS) is 33.1. The molecule has 0 radical (unpaired) electrons. The van der Waals surface area contributed by atoms with Gasteiger partial charge in [-0.3, -0.25) is 4.90 Å². The Morgan fingerprint density at radius 3 is 3.14 bits per heavy atom. The summed E-state index contributed by atoms with van der Waals surface area (Å²) in [6.07, 6.45) is 3.49. The average Bonchev–Trinajstić information content (AvgIpc) is 2.82. The van der Waals surface area contributed by atoms with Gasteiger partial charge in [-0.1, -0.05) is 5.16 Å². The van der Waals surface area contributed by atoms with Gasteiger partial charge in [-0.2, -0.15) is 0 Å². The van der Waals surface area contributed by atoms with Crippen molar-refractivity contribution >= 4 is 6.08 Å². The Morgan fingerprint density at radius 2 is 2.57 bits per heavy atom. The molecule has 74 valence electrons. The molecule has 0 spiro atoms. The van der Waals surface area contributed by atoms with Crippen molar-refractivity contribution in [2.24, 2.45) is 5.92 Å². The zero-order valence-electron chi connectivity index (χ0n) is 8.36. The highest BCUT2D eigenvalue weighted by molar-refractivity contribution is 5.50. The summed E-state index contributed by atoms with van der Waals surface area (Å²) in [5, 5.41) is 3.89. The quantitative estimate of drug-likeness (QED) is 0.675. The highest BCUT2D eigenvalue weighted by Gasteiger charge is 2.33. The first-order chi connectivity index (χ1) is 6.81. The minimum absolute atomic E-state index is 0.778. The van der Waals surface area contributed by atoms with Gasteiger partial charge in [0, 0.05) is 19.2 Å². The zero-order chi connectivity index (χ0) is 9.54. The summed E-state index contributed by atoms with van der Waals surface area (Å²) in [4.78, 5) is 2.50. The van der Waals surface area contributed by atoms with E-state index in [0.29, 0.717) is 0 Å². The summed E-state index contributed by atoms with van der Waals surface area (Å²) in [5.41, 5.74) is 2.48. The topological polar surface area (TPSA) is 29.3 Å². The lowest BCUT2D eigenvalue weighted by molar-refractivity contribution is 0.391. The number of piperidine rings is 1. The monoisotopic (exact) mass is 190 g/mol. The van der Waals surface area contributed by atoms with Crippen LogP contribution < -0.4 is 0 Å². The van der Waals surface area contributed by atoms with Gasteiger partial charge in [-0.25, -0.2) is 0 Å². The summed E-state index contributed by atoms with van der Waals surface area (Å²) >= 11 is 0. The molecule has 1 aromatic rings. The molecule has 3 heteroatoms. The zero-order valence-corrected chi connectivity index (χ0v) is 8.36. The van der Waals surface area contributed by atoms with E-state index in [0.717, 1.165) is 23.9 Å². The van der Waals surface area contributed by atoms with Crippen molar-refractivity contribution < 1.29 is 4.52 Å². The predicted molar refractivity (Wildman–Crippen MR) is 53.8 cm³/mol. The van der Waals surface area contributed by atoms with Crippen LogP contribution in [0.2, 0.25) is 0 Å². The molecular formula is C11H14N2O. The van der Waals surface area contributed by atoms with Gasteiger partial charge in [0.2, 0.25) is 0 Å². The van der Waals surface area contributed by atoms with E-state index in [1.807, 2.05) is 13.0 Å². The molecule has 3 nitrogen and oxygen atoms in total. The molecule has 2 aliphatic rings. The van der Waals surface area contributed by atoms with E-state index in [9.17, 15) is 0 Å². The van der Waals surface area contributed by atoms with E-state index in [4.69, 9.17) is 4.52 Å². The molecule has 3 rings (SSSR count). The lowest BCUT2D eigenvalue weighted by atomic mass is 9.98. The van der Waals surface area contributed by atoms with Gasteiger partial charge in [0.15, 0.2) is 5.76 Å². The van der Waals surface area contributed by atoms with Crippen LogP contribution in [0.3, 0.4) is 0 Å². The van der Waals surface area contributed by atoms with Crippen LogP contribution in [-0.2, 0) is 0 Å². The second-order valence-electron chi connectivity index (χ2n) is 4.31. The molecule has 2 fully saturated rings. The third-order valence-electron chi connectivity index (χ3n) is 3.18. The van der Waals surface area contributed by atoms with Gasteiger partial charge in [-0.15, -0.1) is 0 Å². The molecule has 0 amide bonds. The number of nitrogens with zero attached hydrogens (tertiary/aromatic N) is 2. The van der Waals surface area contributed by atoms with E-state index in [2.05, 4.69) is 16.1 Å². The van der Waals surface area contributed by atoms with E-state index >= 15 is 0 Å². The summed E-state index contributed by atoms with van der Waals surface area (Å²) in [5.74, 6) is 1.69. The Morgan fingerprint density at radius 1 is 1.64 bits per heavy atom. The number of rotatable bonds is 1. The summed E-state index contributed by atoms with van der Waals surface area (Å²) in [6, 6.07) is 1.99. The van der Waals surface area contributed by atoms with E-state index in [-0.39, 0.29) is 0 Å². The molecule has 0 N–H and O–H groups in total. The SMILES string of the molecule is Cc1cc(/C=C2/CN3CCC2C3)on1. The third kappa shape index (κ3) is 1.28. The van der Waals surface area contributed by atoms with Gasteiger partial charge in [0.25, 0.3) is 0 Å². The molecule has 0 aromatic carbocycles. The third-order valence-corrected chi connectivity index (χ3v) is 3.18. The highest BCUT2D eigenvalue weighted by Crippen LogP contribution is 2.33. The fourth-order valence-electron chi connectivity index (χ4n) is 2.46. The van der Waals surface area contributed by atoms with Crippen molar-refractivity contribution in [3.8, 4) is 0 Å². The van der Waals surface area contributed by atoms with Crippen LogP contribution in [0, 0.1) is 12.8 Å². The molecule has 2 saturated heterocycles. The van der Waals surface area contributed by atoms with Crippen molar-refractivity contribution in [1.29, 1.82) is 0 Å². The van der Waals surface area contributed by atoms with Crippen molar-refractivity contribution in [1.82, 2.24) is 10.1 Å². The van der Waals surface area contributed by atoms with Gasteiger partial charge < -0.3 is 4.52 Å². The van der Waals surface area contributed by atoms with E-state index in [1.54, 1.807) is 0 Å². The van der Waals surface area contributed by atoms with E-state index in [1.165, 1.54) is 25.1 Å². The Balaban J connectivity index is 1.85. The summed E-state index contributed by atoms with van der Waals surface area (Å²) in [6.45, 7) is 5.61. The molecule has 3 heterocycles. The Bertz CT molecular complexity index is 380. The van der Waals surface area contributed by atoms with Crippen molar-refractivity contribution in [2.75, 3.05) is 19.6 Å². The van der Waals surface area contributed by atoms with Crippen LogP contribution in [0.5, 0.6) is 0 Å². The number of fused-ring (bicyclic) bond motifs is 2. The summed E-state index contributed by atoms with van der Waals surface area (Å²) < 4.78 is 5.19. The molecular weight excluding hydrogens is 176 g/mol. The first kappa shape index (κ1) is 8.24. The summed E-state index contributed by atoms with van der Waals surface area (Å²) in [7, 11) is 0. The standard InChI is InChI=1S/C11H14N2O/c1-8-4-11(14-12-8)5-10-7-13-3-2-9(10)6-13/h4-5,9H,2-3,6-7H2,1H3/b10-5-. The maximum Gasteiger partial charge on any atom is 0.159 e. The van der Waals surface area contributed by atoms with Gasteiger partial charge in [0.1, 0.15) is 0 Å². The molecule has 2 aliphatic heterocycles. The molecule has 0 saturated carbocycles. The van der Waals surface area contributed by atoms with Crippen LogP contribution in [-0.4, -0.2) is 29.7 Å². The maximum atomic E-state index is 5.19. The highest BCUT2D eigenvalue weighted by atomic mass is 16.5. The minimum Gasteiger partial charge on any atom is -0.357 e. The molecule has 14 heavy (non-hydrogen) atoms. The Hall–Kier alpha value is -1.09. The number of hydrogen-bond donors (Lipinski definition) is 0. The van der Waals surface area contributed by atoms with Gasteiger partial charge in [-0.05, 0) is 37.5 Å². The Kier molecular flexibility index (Phi) is 1.74. The Labute approximate surface area is 83.4 Å². The number of aryl methyl sites for hydroxylation is 1. The minimum atomic E-state index is 0.778. The van der Waals surface area contributed by atoms with Crippen molar-refractivity contribution in [3.05, 3.63) is 23.1 Å². The fraction of sp³-hybridized carbons (Fsp3) is 0.545. The smallest absolute Gasteiger partial charge is 0.159 e. The van der Waals surface area contributed by atoms with Crippen LogP contribution in [0.4, 0.5) is 0 Å². The lowest BCUT2D eigenvalue weighted by Gasteiger charge is -2.13. The van der Waals surface area contributed by atoms with E-state index < -0.39 is 0 Å². The predicted octanol–water partition coefficient (Wildman–Crippen LogP) is 1.70. The molecule has 2 bridgehead atoms. The largest absolute Gasteiger partial charge is 0.357 e. The molecule has 1 aromatic heterocycles. The lowest BCUT2D eigenvalue weighted by Crippen LogP contribution is -2.17. The number of hydrogen-bond acceptors (Lipinski definition) is 3. The first-order valence-corrected chi connectivity index (χ1v) is 5.17. The first-order valence-electron chi connectivity index (χ1n) is 5.17.